The second-order valence-electron chi connectivity index (χ2n) is 13.3. The summed E-state index contributed by atoms with van der Waals surface area (Å²) in [4.78, 5) is 34.8. The SMILES string of the molecule is CC/C=C\C/C=C\C/C=C\C/C=C\C/C=C\C=C/C(O)CCC(=O)O[C@H](COC(=O)CCCCCCC/C=C\C/C=C\CCCCC)COP(=O)(O)OCCN. The lowest BCUT2D eigenvalue weighted by atomic mass is 10.1. The molecule has 0 amide bonds. The Hall–Kier alpha value is -3.11. The van der Waals surface area contributed by atoms with Gasteiger partial charge in [0.25, 0.3) is 0 Å². The molecule has 0 saturated carbocycles. The standard InChI is InChI=1S/C45H74NO9P/c1-3-5-7-9-11-13-15-17-19-21-22-24-26-28-30-32-34-42(47)36-37-45(49)55-43(41-54-56(50,51)53-39-38-46)40-52-44(48)35-33-31-29-27-25-23-20-18-16-14-12-10-8-6-4-2/h5,7,11-14,17-20,22,24,28,30,32,34,42-43,47H,3-4,6,8-10,15-16,21,23,25-27,29,31,33,35-41,46H2,1-2H3,(H,50,51)/b7-5-,13-11-,14-12-,19-17-,20-18-,24-22-,30-28-,34-32-/t42?,43-/m1/s1. The molecule has 318 valence electrons. The third-order valence-corrected chi connectivity index (χ3v) is 9.06. The summed E-state index contributed by atoms with van der Waals surface area (Å²) in [5.74, 6) is -1.14. The van der Waals surface area contributed by atoms with Crippen molar-refractivity contribution < 1.29 is 42.7 Å². The minimum atomic E-state index is -4.45. The summed E-state index contributed by atoms with van der Waals surface area (Å²) in [6.07, 6.45) is 47.7. The third kappa shape index (κ3) is 39.1. The van der Waals surface area contributed by atoms with Gasteiger partial charge in [0, 0.05) is 19.4 Å². The van der Waals surface area contributed by atoms with E-state index >= 15 is 0 Å². The molecule has 0 rings (SSSR count). The smallest absolute Gasteiger partial charge is 0.462 e. The Bertz CT molecular complexity index is 1250. The largest absolute Gasteiger partial charge is 0.472 e. The number of carbonyl (C=O) groups is 2. The van der Waals surface area contributed by atoms with Crippen LogP contribution in [0.25, 0.3) is 0 Å². The van der Waals surface area contributed by atoms with E-state index in [1.165, 1.54) is 19.3 Å². The quantitative estimate of drug-likeness (QED) is 0.0182. The number of hydrogen-bond donors (Lipinski definition) is 3. The topological polar surface area (TPSA) is 155 Å². The average molecular weight is 804 g/mol. The second-order valence-corrected chi connectivity index (χ2v) is 14.8. The van der Waals surface area contributed by atoms with E-state index in [1.54, 1.807) is 12.2 Å². The molecule has 0 aliphatic carbocycles. The van der Waals surface area contributed by atoms with Crippen LogP contribution in [-0.2, 0) is 32.7 Å². The maximum absolute atomic E-state index is 12.6. The molecule has 0 radical (unpaired) electrons. The van der Waals surface area contributed by atoms with E-state index in [-0.39, 0.29) is 39.0 Å². The molecule has 0 aliphatic rings. The van der Waals surface area contributed by atoms with Gasteiger partial charge in [-0.1, -0.05) is 143 Å². The lowest BCUT2D eigenvalue weighted by molar-refractivity contribution is -0.161. The van der Waals surface area contributed by atoms with Crippen LogP contribution in [-0.4, -0.2) is 60.5 Å². The zero-order valence-corrected chi connectivity index (χ0v) is 35.3. The van der Waals surface area contributed by atoms with Gasteiger partial charge in [0.05, 0.1) is 19.3 Å². The molecule has 0 fully saturated rings. The Kier molecular flexibility index (Phi) is 37.9. The van der Waals surface area contributed by atoms with E-state index in [2.05, 4.69) is 86.8 Å². The van der Waals surface area contributed by atoms with E-state index in [9.17, 15) is 24.2 Å². The summed E-state index contributed by atoms with van der Waals surface area (Å²) < 4.78 is 32.5. The van der Waals surface area contributed by atoms with Crippen molar-refractivity contribution in [1.29, 1.82) is 0 Å². The van der Waals surface area contributed by atoms with Gasteiger partial charge in [0.2, 0.25) is 0 Å². The van der Waals surface area contributed by atoms with Crippen molar-refractivity contribution in [3.05, 3.63) is 97.2 Å². The highest BCUT2D eigenvalue weighted by Crippen LogP contribution is 2.43. The summed E-state index contributed by atoms with van der Waals surface area (Å²) in [5, 5.41) is 10.3. The van der Waals surface area contributed by atoms with Crippen LogP contribution < -0.4 is 5.73 Å². The van der Waals surface area contributed by atoms with Crippen LogP contribution in [0.15, 0.2) is 97.2 Å². The van der Waals surface area contributed by atoms with E-state index in [1.807, 2.05) is 12.2 Å². The van der Waals surface area contributed by atoms with E-state index in [0.29, 0.717) is 6.42 Å². The van der Waals surface area contributed by atoms with Crippen LogP contribution in [0.4, 0.5) is 0 Å². The van der Waals surface area contributed by atoms with Crippen molar-refractivity contribution in [3.63, 3.8) is 0 Å². The van der Waals surface area contributed by atoms with Gasteiger partial charge < -0.3 is 25.2 Å². The maximum atomic E-state index is 12.6. The molecule has 11 heteroatoms. The Balaban J connectivity index is 4.48. The zero-order valence-electron chi connectivity index (χ0n) is 34.4. The summed E-state index contributed by atoms with van der Waals surface area (Å²) in [6, 6.07) is 0. The number of rotatable bonds is 37. The fraction of sp³-hybridized carbons (Fsp3) is 0.600. The lowest BCUT2D eigenvalue weighted by Gasteiger charge is -2.20. The molecule has 0 heterocycles. The first kappa shape index (κ1) is 52.9. The van der Waals surface area contributed by atoms with Crippen LogP contribution in [0.1, 0.15) is 136 Å². The van der Waals surface area contributed by atoms with Crippen molar-refractivity contribution in [3.8, 4) is 0 Å². The van der Waals surface area contributed by atoms with E-state index in [0.717, 1.165) is 77.0 Å². The number of allylic oxidation sites excluding steroid dienone is 15. The Labute approximate surface area is 339 Å². The number of unbranched alkanes of at least 4 members (excludes halogenated alkanes) is 8. The van der Waals surface area contributed by atoms with Gasteiger partial charge in [-0.05, 0) is 77.0 Å². The average Bonchev–Trinajstić information content (AvgIpc) is 3.18. The highest BCUT2D eigenvalue weighted by Gasteiger charge is 2.26. The second kappa shape index (κ2) is 40.1. The fourth-order valence-corrected chi connectivity index (χ4v) is 5.71. The van der Waals surface area contributed by atoms with Crippen LogP contribution in [0.2, 0.25) is 0 Å². The molecule has 0 aliphatic heterocycles. The molecule has 0 aromatic rings. The van der Waals surface area contributed by atoms with E-state index < -0.39 is 38.6 Å². The number of esters is 2. The number of phosphoric ester groups is 1. The Morgan fingerprint density at radius 1 is 0.643 bits per heavy atom. The summed E-state index contributed by atoms with van der Waals surface area (Å²) in [7, 11) is -4.45. The van der Waals surface area contributed by atoms with Crippen molar-refractivity contribution in [2.45, 2.75) is 148 Å². The van der Waals surface area contributed by atoms with Gasteiger partial charge in [-0.2, -0.15) is 0 Å². The molecular formula is C45H74NO9P. The predicted molar refractivity (Wildman–Crippen MR) is 230 cm³/mol. The number of carbonyl (C=O) groups excluding carboxylic acids is 2. The number of nitrogens with two attached hydrogens (primary N) is 1. The first-order chi connectivity index (χ1) is 27.2. The van der Waals surface area contributed by atoms with Crippen molar-refractivity contribution in [2.75, 3.05) is 26.4 Å². The molecule has 0 aromatic carbocycles. The minimum Gasteiger partial charge on any atom is -0.462 e. The van der Waals surface area contributed by atoms with Crippen molar-refractivity contribution in [2.24, 2.45) is 5.73 Å². The first-order valence-corrected chi connectivity index (χ1v) is 22.3. The number of phosphoric acid groups is 1. The number of aliphatic hydroxyl groups excluding tert-OH is 1. The third-order valence-electron chi connectivity index (χ3n) is 8.07. The lowest BCUT2D eigenvalue weighted by Crippen LogP contribution is -2.30. The highest BCUT2D eigenvalue weighted by atomic mass is 31.2. The van der Waals surface area contributed by atoms with Crippen molar-refractivity contribution >= 4 is 19.8 Å². The molecule has 0 saturated heterocycles. The fourth-order valence-electron chi connectivity index (χ4n) is 4.95. The molecule has 0 aromatic heterocycles. The summed E-state index contributed by atoms with van der Waals surface area (Å²) in [5.41, 5.74) is 5.33. The number of hydrogen-bond acceptors (Lipinski definition) is 9. The molecule has 4 N–H and O–H groups in total. The first-order valence-electron chi connectivity index (χ1n) is 20.8. The summed E-state index contributed by atoms with van der Waals surface area (Å²) in [6.45, 7) is 3.26. The summed E-state index contributed by atoms with van der Waals surface area (Å²) >= 11 is 0. The molecule has 3 atom stereocenters. The van der Waals surface area contributed by atoms with Gasteiger partial charge in [-0.25, -0.2) is 4.57 Å². The normalized spacial score (nSPS) is 14.9. The molecule has 10 nitrogen and oxygen atoms in total. The molecular weight excluding hydrogens is 729 g/mol. The maximum Gasteiger partial charge on any atom is 0.472 e. The van der Waals surface area contributed by atoms with Gasteiger partial charge in [-0.15, -0.1) is 0 Å². The Morgan fingerprint density at radius 2 is 1.20 bits per heavy atom. The minimum absolute atomic E-state index is 0.00988. The van der Waals surface area contributed by atoms with Gasteiger partial charge in [-0.3, -0.25) is 18.6 Å². The van der Waals surface area contributed by atoms with Gasteiger partial charge in [0.1, 0.15) is 6.61 Å². The molecule has 56 heavy (non-hydrogen) atoms. The van der Waals surface area contributed by atoms with Gasteiger partial charge in [0.15, 0.2) is 6.10 Å². The van der Waals surface area contributed by atoms with E-state index in [4.69, 9.17) is 24.3 Å². The number of ether oxygens (including phenoxy) is 2. The van der Waals surface area contributed by atoms with Crippen LogP contribution >= 0.6 is 7.82 Å². The monoisotopic (exact) mass is 804 g/mol. The molecule has 0 spiro atoms. The van der Waals surface area contributed by atoms with Crippen molar-refractivity contribution in [1.82, 2.24) is 0 Å². The highest BCUT2D eigenvalue weighted by molar-refractivity contribution is 7.47. The Morgan fingerprint density at radius 3 is 1.80 bits per heavy atom. The molecule has 2 unspecified atom stereocenters. The van der Waals surface area contributed by atoms with Crippen LogP contribution in [0.3, 0.4) is 0 Å². The van der Waals surface area contributed by atoms with Gasteiger partial charge >= 0.3 is 19.8 Å². The molecule has 0 bridgehead atoms. The number of aliphatic hydroxyl groups is 1. The van der Waals surface area contributed by atoms with Crippen LogP contribution in [0, 0.1) is 0 Å². The predicted octanol–water partition coefficient (Wildman–Crippen LogP) is 10.8. The zero-order chi connectivity index (χ0) is 41.2. The van der Waals surface area contributed by atoms with Crippen LogP contribution in [0.5, 0.6) is 0 Å².